The second-order valence-electron chi connectivity index (χ2n) is 7.91. The van der Waals surface area contributed by atoms with Crippen molar-refractivity contribution in [2.75, 3.05) is 25.5 Å². The average molecular weight is 475 g/mol. The Bertz CT molecular complexity index is 1290. The molecule has 0 bridgehead atoms. The Balaban J connectivity index is 1.47. The quantitative estimate of drug-likeness (QED) is 0.453. The molecule has 0 spiro atoms. The highest BCUT2D eigenvalue weighted by Crippen LogP contribution is 2.42. The summed E-state index contributed by atoms with van der Waals surface area (Å²) >= 11 is 9.88. The molecule has 0 fully saturated rings. The third-order valence-electron chi connectivity index (χ3n) is 5.91. The van der Waals surface area contributed by atoms with Gasteiger partial charge < -0.3 is 16.0 Å². The minimum atomic E-state index is -0.00194. The van der Waals surface area contributed by atoms with E-state index in [1.807, 2.05) is 20.2 Å². The zero-order valence-corrected chi connectivity index (χ0v) is 19.7. The number of aryl methyl sites for hydroxylation is 2. The van der Waals surface area contributed by atoms with E-state index in [0.29, 0.717) is 18.1 Å². The molecule has 1 aromatic carbocycles. The van der Waals surface area contributed by atoms with Crippen molar-refractivity contribution in [3.05, 3.63) is 33.9 Å². The number of benzene rings is 1. The normalized spacial score (nSPS) is 16.1. The lowest BCUT2D eigenvalue weighted by Gasteiger charge is -2.26. The van der Waals surface area contributed by atoms with Crippen molar-refractivity contribution in [2.24, 2.45) is 18.7 Å². The number of amides is 1. The van der Waals surface area contributed by atoms with Crippen LogP contribution in [0.3, 0.4) is 0 Å². The number of rotatable bonds is 5. The van der Waals surface area contributed by atoms with Crippen molar-refractivity contribution in [1.82, 2.24) is 18.8 Å². The Morgan fingerprint density at radius 3 is 3.03 bits per heavy atom. The smallest absolute Gasteiger partial charge is 0.225 e. The fraction of sp³-hybridized carbons (Fsp3) is 0.381. The Kier molecular flexibility index (Phi) is 5.37. The SMILES string of the molecule is CN(CCN)C(=O)[C@H]1CCc2c(sc3ncnc(Nc4cc5sn(C)c5cc4Cl)c23)C1. The maximum absolute atomic E-state index is 12.8. The van der Waals surface area contributed by atoms with Gasteiger partial charge in [0.1, 0.15) is 17.0 Å². The monoisotopic (exact) mass is 474 g/mol. The summed E-state index contributed by atoms with van der Waals surface area (Å²) in [4.78, 5) is 25.7. The van der Waals surface area contributed by atoms with E-state index in [1.165, 1.54) is 15.1 Å². The minimum absolute atomic E-state index is 0.00194. The predicted octanol–water partition coefficient (Wildman–Crippen LogP) is 4.16. The maximum atomic E-state index is 12.8. The van der Waals surface area contributed by atoms with Gasteiger partial charge in [-0.2, -0.15) is 0 Å². The lowest BCUT2D eigenvalue weighted by molar-refractivity contribution is -0.134. The third kappa shape index (κ3) is 3.59. The van der Waals surface area contributed by atoms with Gasteiger partial charge in [0.05, 0.1) is 26.3 Å². The number of carbonyl (C=O) groups is 1. The van der Waals surface area contributed by atoms with E-state index < -0.39 is 0 Å². The van der Waals surface area contributed by atoms with E-state index in [0.717, 1.165) is 46.5 Å². The number of anilines is 2. The lowest BCUT2D eigenvalue weighted by atomic mass is 9.87. The molecule has 4 aromatic rings. The Labute approximate surface area is 193 Å². The van der Waals surface area contributed by atoms with Crippen LogP contribution in [0.2, 0.25) is 5.02 Å². The number of aromatic nitrogens is 3. The highest BCUT2D eigenvalue weighted by Gasteiger charge is 2.30. The molecular weight excluding hydrogens is 452 g/mol. The second-order valence-corrected chi connectivity index (χ2v) is 10.6. The van der Waals surface area contributed by atoms with Gasteiger partial charge in [-0.05, 0) is 37.0 Å². The molecule has 10 heteroatoms. The number of halogens is 1. The van der Waals surface area contributed by atoms with Crippen LogP contribution in [0.25, 0.3) is 20.4 Å². The Hall–Kier alpha value is -2.20. The Morgan fingerprint density at radius 2 is 2.26 bits per heavy atom. The highest BCUT2D eigenvalue weighted by atomic mass is 35.5. The van der Waals surface area contributed by atoms with E-state index in [9.17, 15) is 4.79 Å². The number of hydrogen-bond acceptors (Lipinski definition) is 7. The van der Waals surface area contributed by atoms with Gasteiger partial charge in [-0.3, -0.25) is 8.75 Å². The molecule has 7 nitrogen and oxygen atoms in total. The van der Waals surface area contributed by atoms with Crippen molar-refractivity contribution >= 4 is 72.3 Å². The number of carbonyl (C=O) groups excluding carboxylic acids is 1. The molecule has 0 aliphatic heterocycles. The number of thiophene rings is 1. The standard InChI is InChI=1S/C21H23ClN6OS2/c1-27(6-5-23)21(29)11-3-4-12-16(7-11)30-20-18(12)19(24-10-25-20)26-14-9-17-15(8-13(14)22)28(2)31-17/h8-11H,3-7,23H2,1-2H3,(H,24,25,26)/t11-/m0/s1. The van der Waals surface area contributed by atoms with Crippen LogP contribution in [0.15, 0.2) is 18.5 Å². The second kappa shape index (κ2) is 8.05. The molecule has 1 aliphatic rings. The van der Waals surface area contributed by atoms with Crippen LogP contribution in [-0.4, -0.2) is 44.9 Å². The summed E-state index contributed by atoms with van der Waals surface area (Å²) in [5.74, 6) is 0.944. The van der Waals surface area contributed by atoms with Gasteiger partial charge in [-0.25, -0.2) is 9.97 Å². The number of hydrogen-bond donors (Lipinski definition) is 2. The van der Waals surface area contributed by atoms with E-state index in [-0.39, 0.29) is 11.8 Å². The van der Waals surface area contributed by atoms with Crippen molar-refractivity contribution in [2.45, 2.75) is 19.3 Å². The number of fused-ring (bicyclic) bond motifs is 4. The van der Waals surface area contributed by atoms with Crippen molar-refractivity contribution in [3.8, 4) is 0 Å². The number of nitrogens with two attached hydrogens (primary N) is 1. The zero-order valence-electron chi connectivity index (χ0n) is 17.3. The first kappa shape index (κ1) is 20.7. The molecule has 0 radical (unpaired) electrons. The minimum Gasteiger partial charge on any atom is -0.344 e. The predicted molar refractivity (Wildman–Crippen MR) is 129 cm³/mol. The van der Waals surface area contributed by atoms with Crippen LogP contribution < -0.4 is 11.1 Å². The molecule has 3 N–H and O–H groups in total. The molecule has 3 aromatic heterocycles. The number of nitrogens with one attached hydrogen (secondary N) is 1. The number of nitrogens with zero attached hydrogens (tertiary/aromatic N) is 4. The van der Waals surface area contributed by atoms with Crippen molar-refractivity contribution in [1.29, 1.82) is 0 Å². The van der Waals surface area contributed by atoms with Crippen LogP contribution in [0, 0.1) is 5.92 Å². The third-order valence-corrected chi connectivity index (χ3v) is 8.38. The summed E-state index contributed by atoms with van der Waals surface area (Å²) in [5.41, 5.74) is 8.85. The van der Waals surface area contributed by atoms with Gasteiger partial charge in [0.15, 0.2) is 0 Å². The number of likely N-dealkylation sites (N-methyl/N-ethyl adjacent to an activating group) is 1. The first-order chi connectivity index (χ1) is 15.0. The molecule has 1 amide bonds. The highest BCUT2D eigenvalue weighted by molar-refractivity contribution is 7.19. The van der Waals surface area contributed by atoms with Gasteiger partial charge >= 0.3 is 0 Å². The molecule has 1 aliphatic carbocycles. The first-order valence-electron chi connectivity index (χ1n) is 10.2. The molecule has 31 heavy (non-hydrogen) atoms. The molecule has 0 saturated heterocycles. The summed E-state index contributed by atoms with van der Waals surface area (Å²) in [5, 5.41) is 5.15. The van der Waals surface area contributed by atoms with Gasteiger partial charge in [-0.15, -0.1) is 11.3 Å². The molecule has 3 heterocycles. The van der Waals surface area contributed by atoms with Crippen molar-refractivity contribution in [3.63, 3.8) is 0 Å². The first-order valence-corrected chi connectivity index (χ1v) is 12.2. The topological polar surface area (TPSA) is 89.1 Å². The van der Waals surface area contributed by atoms with E-state index in [1.54, 1.807) is 34.1 Å². The van der Waals surface area contributed by atoms with Gasteiger partial charge in [0.2, 0.25) is 5.91 Å². The van der Waals surface area contributed by atoms with E-state index >= 15 is 0 Å². The van der Waals surface area contributed by atoms with Gasteiger partial charge in [0, 0.05) is 38.0 Å². The molecule has 0 unspecified atom stereocenters. The van der Waals surface area contributed by atoms with Crippen LogP contribution in [0.4, 0.5) is 11.5 Å². The summed E-state index contributed by atoms with van der Waals surface area (Å²) in [7, 11) is 3.85. The molecule has 162 valence electrons. The van der Waals surface area contributed by atoms with Gasteiger partial charge in [-0.1, -0.05) is 23.1 Å². The average Bonchev–Trinajstić information content (AvgIpc) is 3.14. The molecule has 1 atom stereocenters. The summed E-state index contributed by atoms with van der Waals surface area (Å²) in [6.45, 7) is 1.07. The molecule has 0 saturated carbocycles. The van der Waals surface area contributed by atoms with Crippen LogP contribution >= 0.6 is 34.5 Å². The fourth-order valence-corrected chi connectivity index (χ4v) is 6.62. The lowest BCUT2D eigenvalue weighted by Crippen LogP contribution is -2.38. The molecule has 5 rings (SSSR count). The maximum Gasteiger partial charge on any atom is 0.225 e. The van der Waals surface area contributed by atoms with E-state index in [4.69, 9.17) is 17.3 Å². The summed E-state index contributed by atoms with van der Waals surface area (Å²) in [6.07, 6.45) is 3.99. The van der Waals surface area contributed by atoms with Crippen molar-refractivity contribution < 1.29 is 4.79 Å². The summed E-state index contributed by atoms with van der Waals surface area (Å²) < 4.78 is 3.28. The zero-order chi connectivity index (χ0) is 21.7. The fourth-order valence-electron chi connectivity index (χ4n) is 4.27. The van der Waals surface area contributed by atoms with Crippen LogP contribution in [-0.2, 0) is 24.7 Å². The van der Waals surface area contributed by atoms with Gasteiger partial charge in [0.25, 0.3) is 0 Å². The largest absolute Gasteiger partial charge is 0.344 e. The van der Waals surface area contributed by atoms with E-state index in [2.05, 4.69) is 25.3 Å². The Morgan fingerprint density at radius 1 is 1.42 bits per heavy atom. The van der Waals surface area contributed by atoms with Crippen LogP contribution in [0.5, 0.6) is 0 Å². The summed E-state index contributed by atoms with van der Waals surface area (Å²) in [6, 6.07) is 4.04. The molecular formula is C21H23ClN6OS2. The van der Waals surface area contributed by atoms with Crippen LogP contribution in [0.1, 0.15) is 16.9 Å².